The van der Waals surface area contributed by atoms with Crippen molar-refractivity contribution in [1.82, 2.24) is 4.90 Å². The predicted octanol–water partition coefficient (Wildman–Crippen LogP) is 4.39. The van der Waals surface area contributed by atoms with E-state index in [9.17, 15) is 32.9 Å². The molecular weight excluding hydrogens is 415 g/mol. The zero-order valence-electron chi connectivity index (χ0n) is 16.6. The first-order valence-corrected chi connectivity index (χ1v) is 9.54. The van der Waals surface area contributed by atoms with E-state index >= 15 is 0 Å². The van der Waals surface area contributed by atoms with Gasteiger partial charge in [-0.15, -0.1) is 0 Å². The van der Waals surface area contributed by atoms with Gasteiger partial charge in [0, 0.05) is 28.8 Å². The molecule has 1 aliphatic rings. The van der Waals surface area contributed by atoms with Crippen LogP contribution in [0.3, 0.4) is 0 Å². The fourth-order valence-corrected chi connectivity index (χ4v) is 3.28. The average molecular weight is 435 g/mol. The van der Waals surface area contributed by atoms with E-state index in [1.165, 1.54) is 48.5 Å². The van der Waals surface area contributed by atoms with Crippen LogP contribution in [0.2, 0.25) is 0 Å². The topological polar surface area (TPSA) is 92.6 Å². The van der Waals surface area contributed by atoms with Crippen LogP contribution in [-0.2, 0) is 11.3 Å². The van der Waals surface area contributed by atoms with E-state index in [2.05, 4.69) is 5.32 Å². The van der Waals surface area contributed by atoms with Crippen molar-refractivity contribution in [3.05, 3.63) is 69.8 Å². The van der Waals surface area contributed by atoms with E-state index in [4.69, 9.17) is 0 Å². The molecule has 2 aromatic rings. The number of nitrogens with one attached hydrogen (secondary N) is 1. The quantitative estimate of drug-likeness (QED) is 0.516. The first-order chi connectivity index (χ1) is 14.5. The molecule has 31 heavy (non-hydrogen) atoms. The summed E-state index contributed by atoms with van der Waals surface area (Å²) >= 11 is 0. The van der Waals surface area contributed by atoms with Crippen molar-refractivity contribution in [3.8, 4) is 0 Å². The fourth-order valence-electron chi connectivity index (χ4n) is 3.28. The summed E-state index contributed by atoms with van der Waals surface area (Å²) in [5.41, 5.74) is -0.156. The Morgan fingerprint density at radius 2 is 1.87 bits per heavy atom. The van der Waals surface area contributed by atoms with Crippen molar-refractivity contribution >= 4 is 23.2 Å². The number of amides is 2. The zero-order chi connectivity index (χ0) is 22.8. The van der Waals surface area contributed by atoms with Crippen molar-refractivity contribution in [1.29, 1.82) is 0 Å². The van der Waals surface area contributed by atoms with Gasteiger partial charge in [-0.05, 0) is 30.5 Å². The Balaban J connectivity index is 1.84. The van der Waals surface area contributed by atoms with Crippen LogP contribution in [0.5, 0.6) is 0 Å². The molecule has 0 aromatic heterocycles. The van der Waals surface area contributed by atoms with Gasteiger partial charge in [-0.1, -0.05) is 31.2 Å². The van der Waals surface area contributed by atoms with Gasteiger partial charge >= 0.3 is 6.18 Å². The van der Waals surface area contributed by atoms with E-state index in [0.717, 1.165) is 6.42 Å². The van der Waals surface area contributed by atoms with E-state index in [1.54, 1.807) is 0 Å². The second kappa shape index (κ2) is 8.75. The third-order valence-electron chi connectivity index (χ3n) is 5.03. The zero-order valence-corrected chi connectivity index (χ0v) is 16.6. The number of anilines is 1. The molecule has 1 N–H and O–H groups in total. The smallest absolute Gasteiger partial charge is 0.326 e. The molecule has 1 aliphatic carbocycles. The maximum Gasteiger partial charge on any atom is 0.406 e. The normalized spacial score (nSPS) is 17.7. The Hall–Kier alpha value is -3.43. The highest BCUT2D eigenvalue weighted by Crippen LogP contribution is 2.38. The van der Waals surface area contributed by atoms with Gasteiger partial charge in [0.05, 0.1) is 11.5 Å². The van der Waals surface area contributed by atoms with Crippen LogP contribution in [0.15, 0.2) is 48.5 Å². The van der Waals surface area contributed by atoms with Crippen LogP contribution in [-0.4, -0.2) is 34.4 Å². The highest BCUT2D eigenvalue weighted by Gasteiger charge is 2.39. The molecule has 0 saturated heterocycles. The molecule has 0 heterocycles. The number of hydrogen-bond acceptors (Lipinski definition) is 4. The van der Waals surface area contributed by atoms with Crippen LogP contribution in [0.1, 0.15) is 29.3 Å². The Morgan fingerprint density at radius 3 is 2.48 bits per heavy atom. The second-order valence-electron chi connectivity index (χ2n) is 7.55. The molecule has 2 unspecified atom stereocenters. The standard InChI is InChI=1S/C21H20F3N3O4/c1-13-9-17(13)19(28)25-16-7-4-6-14(10-16)20(29)26(12-21(22,23)24)11-15-5-2-3-8-18(15)27(30)31/h2-8,10,13,17H,9,11-12H2,1H3,(H,25,28). The van der Waals surface area contributed by atoms with Crippen LogP contribution < -0.4 is 5.32 Å². The lowest BCUT2D eigenvalue weighted by Gasteiger charge is -2.24. The summed E-state index contributed by atoms with van der Waals surface area (Å²) in [6, 6.07) is 10.9. The third kappa shape index (κ3) is 5.80. The van der Waals surface area contributed by atoms with Gasteiger partial charge in [0.1, 0.15) is 6.54 Å². The monoisotopic (exact) mass is 435 g/mol. The minimum absolute atomic E-state index is 0.0164. The number of rotatable bonds is 7. The molecule has 10 heteroatoms. The Morgan fingerprint density at radius 1 is 1.19 bits per heavy atom. The number of nitrogens with zero attached hydrogens (tertiary/aromatic N) is 2. The summed E-state index contributed by atoms with van der Waals surface area (Å²) in [7, 11) is 0. The Kier molecular flexibility index (Phi) is 6.28. The molecule has 2 atom stereocenters. The molecule has 2 aromatic carbocycles. The molecule has 2 amide bonds. The minimum atomic E-state index is -4.70. The van der Waals surface area contributed by atoms with Crippen molar-refractivity contribution in [2.75, 3.05) is 11.9 Å². The number of para-hydroxylation sites is 1. The number of alkyl halides is 3. The SMILES string of the molecule is CC1CC1C(=O)Nc1cccc(C(=O)N(Cc2ccccc2[N+](=O)[O-])CC(F)(F)F)c1. The van der Waals surface area contributed by atoms with Crippen molar-refractivity contribution in [2.45, 2.75) is 26.1 Å². The minimum Gasteiger partial charge on any atom is -0.326 e. The second-order valence-corrected chi connectivity index (χ2v) is 7.55. The number of benzene rings is 2. The van der Waals surface area contributed by atoms with Crippen LogP contribution in [0, 0.1) is 22.0 Å². The highest BCUT2D eigenvalue weighted by atomic mass is 19.4. The van der Waals surface area contributed by atoms with Crippen molar-refractivity contribution < 1.29 is 27.7 Å². The van der Waals surface area contributed by atoms with Gasteiger partial charge in [-0.2, -0.15) is 13.2 Å². The summed E-state index contributed by atoms with van der Waals surface area (Å²) in [5.74, 6) is -0.996. The average Bonchev–Trinajstić information content (AvgIpc) is 3.43. The Labute approximate surface area is 176 Å². The van der Waals surface area contributed by atoms with E-state index in [-0.39, 0.29) is 34.6 Å². The Bertz CT molecular complexity index is 1010. The van der Waals surface area contributed by atoms with Crippen molar-refractivity contribution in [3.63, 3.8) is 0 Å². The number of hydrogen-bond donors (Lipinski definition) is 1. The fraction of sp³-hybridized carbons (Fsp3) is 0.333. The molecule has 0 radical (unpaired) electrons. The first kappa shape index (κ1) is 22.3. The van der Waals surface area contributed by atoms with Gasteiger partial charge in [-0.25, -0.2) is 0 Å². The maximum atomic E-state index is 13.1. The summed E-state index contributed by atoms with van der Waals surface area (Å²) < 4.78 is 39.4. The van der Waals surface area contributed by atoms with Gasteiger partial charge in [-0.3, -0.25) is 19.7 Å². The van der Waals surface area contributed by atoms with Crippen LogP contribution >= 0.6 is 0 Å². The molecule has 0 aliphatic heterocycles. The van der Waals surface area contributed by atoms with Crippen molar-refractivity contribution in [2.24, 2.45) is 11.8 Å². The lowest BCUT2D eigenvalue weighted by molar-refractivity contribution is -0.385. The number of carbonyl (C=O) groups excluding carboxylic acids is 2. The number of carbonyl (C=O) groups is 2. The summed E-state index contributed by atoms with van der Waals surface area (Å²) in [6.45, 7) is -0.234. The first-order valence-electron chi connectivity index (χ1n) is 9.54. The molecule has 3 rings (SSSR count). The van der Waals surface area contributed by atoms with Gasteiger partial charge < -0.3 is 10.2 Å². The van der Waals surface area contributed by atoms with E-state index in [1.807, 2.05) is 6.92 Å². The lowest BCUT2D eigenvalue weighted by Crippen LogP contribution is -2.38. The van der Waals surface area contributed by atoms with E-state index < -0.39 is 30.1 Å². The molecule has 0 bridgehead atoms. The lowest BCUT2D eigenvalue weighted by atomic mass is 10.1. The highest BCUT2D eigenvalue weighted by molar-refractivity contribution is 5.98. The summed E-state index contributed by atoms with van der Waals surface area (Å²) in [4.78, 5) is 36.0. The molecule has 0 spiro atoms. The number of nitro benzene ring substituents is 1. The molecule has 164 valence electrons. The van der Waals surface area contributed by atoms with Gasteiger partial charge in [0.2, 0.25) is 5.91 Å². The third-order valence-corrected chi connectivity index (χ3v) is 5.03. The van der Waals surface area contributed by atoms with Gasteiger partial charge in [0.15, 0.2) is 0 Å². The number of nitro groups is 1. The van der Waals surface area contributed by atoms with Gasteiger partial charge in [0.25, 0.3) is 11.6 Å². The predicted molar refractivity (Wildman–Crippen MR) is 106 cm³/mol. The molecule has 7 nitrogen and oxygen atoms in total. The summed E-state index contributed by atoms with van der Waals surface area (Å²) in [6.07, 6.45) is -3.94. The molecule has 1 saturated carbocycles. The van der Waals surface area contributed by atoms with E-state index in [0.29, 0.717) is 10.6 Å². The van der Waals surface area contributed by atoms with Crippen LogP contribution in [0.4, 0.5) is 24.5 Å². The molecule has 1 fully saturated rings. The maximum absolute atomic E-state index is 13.1. The summed E-state index contributed by atoms with van der Waals surface area (Å²) in [5, 5.41) is 13.9. The number of halogens is 3. The molecular formula is C21H20F3N3O4. The largest absolute Gasteiger partial charge is 0.406 e. The van der Waals surface area contributed by atoms with Crippen LogP contribution in [0.25, 0.3) is 0 Å².